The number of hydrogen-bond donors (Lipinski definition) is 2. The maximum atomic E-state index is 15.4. The molecule has 0 radical (unpaired) electrons. The van der Waals surface area contributed by atoms with Crippen LogP contribution < -0.4 is 15.1 Å². The molecule has 6 unspecified atom stereocenters. The van der Waals surface area contributed by atoms with Crippen LogP contribution in [0.1, 0.15) is 42.4 Å². The largest absolute Gasteiger partial charge is 0.504 e. The highest BCUT2D eigenvalue weighted by molar-refractivity contribution is 6.33. The zero-order valence-electron chi connectivity index (χ0n) is 30.1. The summed E-state index contributed by atoms with van der Waals surface area (Å²) < 4.78 is 46.3. The van der Waals surface area contributed by atoms with Gasteiger partial charge in [-0.15, -0.1) is 0 Å². The Morgan fingerprint density at radius 3 is 2.33 bits per heavy atom. The van der Waals surface area contributed by atoms with Crippen molar-refractivity contribution in [3.8, 4) is 11.5 Å². The molecule has 2 saturated heterocycles. The highest BCUT2D eigenvalue weighted by atomic mass is 35.5. The average molecular weight is 837 g/mol. The number of ether oxygens (including phenoxy) is 1. The normalized spacial score (nSPS) is 25.3. The van der Waals surface area contributed by atoms with Crippen molar-refractivity contribution in [2.75, 3.05) is 16.9 Å². The molecule has 2 aliphatic heterocycles. The second-order valence-corrected chi connectivity index (χ2v) is 15.2. The summed E-state index contributed by atoms with van der Waals surface area (Å²) in [6.45, 7) is 1.87. The van der Waals surface area contributed by atoms with Gasteiger partial charge >= 0.3 is 6.18 Å². The Morgan fingerprint density at radius 2 is 1.69 bits per heavy atom. The molecule has 0 spiro atoms. The number of amides is 4. The molecule has 4 aromatic rings. The van der Waals surface area contributed by atoms with Gasteiger partial charge in [0.2, 0.25) is 11.8 Å². The Labute approximate surface area is 337 Å². The molecular formula is C40H30Cl2F3N5O8. The molecule has 8 rings (SSSR count). The first-order chi connectivity index (χ1) is 27.6. The van der Waals surface area contributed by atoms with Gasteiger partial charge in [-0.05, 0) is 79.3 Å². The van der Waals surface area contributed by atoms with Gasteiger partial charge in [-0.1, -0.05) is 53.1 Å². The molecule has 18 heteroatoms. The Kier molecular flexibility index (Phi) is 9.46. The molecular weight excluding hydrogens is 806 g/mol. The predicted octanol–water partition coefficient (Wildman–Crippen LogP) is 7.61. The number of hydrogen-bond acceptors (Lipinski definition) is 10. The highest BCUT2D eigenvalue weighted by Gasteiger charge is 2.70. The zero-order valence-corrected chi connectivity index (χ0v) is 31.6. The van der Waals surface area contributed by atoms with E-state index in [1.807, 2.05) is 0 Å². The number of imide groups is 2. The average Bonchev–Trinajstić information content (AvgIpc) is 3.57. The standard InChI is InChI=1S/C40H30Cl2F3N5O8/c1-2-58-31-15-19(3-14-30(31)51)33-25-12-13-26-32(37(54)48(35(26)52)23-8-10-24(11-9-23)50(56)57)27(25)17-28-36(53)49(38(55)39(28,33)20-4-6-22(41)7-5-20)47-34-29(42)16-21(18-46-34)40(43,44)45/h3-12,14-16,18,26-28,32-33,51H,2,13,17H2,1H3,(H,46,47). The Morgan fingerprint density at radius 1 is 0.983 bits per heavy atom. The number of nitrogens with zero attached hydrogens (tertiary/aromatic N) is 4. The number of halogens is 5. The second kappa shape index (κ2) is 14.1. The fourth-order valence-corrected chi connectivity index (χ4v) is 9.45. The van der Waals surface area contributed by atoms with Gasteiger partial charge in [0.05, 0.1) is 51.0 Å². The number of nitro benzene ring substituents is 1. The van der Waals surface area contributed by atoms with Crippen LogP contribution in [0, 0.1) is 33.8 Å². The lowest BCUT2D eigenvalue weighted by Gasteiger charge is -2.50. The molecule has 298 valence electrons. The third-order valence-electron chi connectivity index (χ3n) is 11.5. The van der Waals surface area contributed by atoms with Crippen LogP contribution in [0.3, 0.4) is 0 Å². The summed E-state index contributed by atoms with van der Waals surface area (Å²) in [7, 11) is 0. The van der Waals surface area contributed by atoms with Gasteiger partial charge in [-0.3, -0.25) is 39.6 Å². The van der Waals surface area contributed by atoms with Gasteiger partial charge in [0, 0.05) is 29.3 Å². The summed E-state index contributed by atoms with van der Waals surface area (Å²) in [5.74, 6) is -8.34. The van der Waals surface area contributed by atoms with Gasteiger partial charge in [0.1, 0.15) is 0 Å². The van der Waals surface area contributed by atoms with Crippen LogP contribution in [0.25, 0.3) is 0 Å². The van der Waals surface area contributed by atoms with Crippen molar-refractivity contribution in [3.63, 3.8) is 0 Å². The number of anilines is 2. The Hall–Kier alpha value is -6.00. The molecule has 58 heavy (non-hydrogen) atoms. The number of hydrazine groups is 1. The van der Waals surface area contributed by atoms with Crippen molar-refractivity contribution in [3.05, 3.63) is 127 Å². The summed E-state index contributed by atoms with van der Waals surface area (Å²) in [6.07, 6.45) is -2.55. The smallest absolute Gasteiger partial charge is 0.417 e. The molecule has 3 fully saturated rings. The third-order valence-corrected chi connectivity index (χ3v) is 12.0. The number of allylic oxidation sites excluding steroid dienone is 2. The van der Waals surface area contributed by atoms with Crippen molar-refractivity contribution < 1.29 is 47.1 Å². The van der Waals surface area contributed by atoms with E-state index in [4.69, 9.17) is 27.9 Å². The minimum Gasteiger partial charge on any atom is -0.504 e. The maximum Gasteiger partial charge on any atom is 0.417 e. The number of phenols is 1. The van der Waals surface area contributed by atoms with Gasteiger partial charge in [-0.25, -0.2) is 4.98 Å². The number of benzene rings is 3. The number of pyridine rings is 1. The number of carbonyl (C=O) groups excluding carboxylic acids is 4. The first kappa shape index (κ1) is 38.9. The fourth-order valence-electron chi connectivity index (χ4n) is 9.12. The van der Waals surface area contributed by atoms with Gasteiger partial charge in [0.15, 0.2) is 17.3 Å². The van der Waals surface area contributed by atoms with E-state index in [9.17, 15) is 42.8 Å². The lowest BCUT2D eigenvalue weighted by atomic mass is 9.49. The number of rotatable bonds is 8. The number of aromatic hydroxyl groups is 1. The number of carbonyl (C=O) groups is 4. The summed E-state index contributed by atoms with van der Waals surface area (Å²) in [5.41, 5.74) is 0.808. The predicted molar refractivity (Wildman–Crippen MR) is 202 cm³/mol. The van der Waals surface area contributed by atoms with Crippen molar-refractivity contribution >= 4 is 64.0 Å². The first-order valence-corrected chi connectivity index (χ1v) is 18.7. The van der Waals surface area contributed by atoms with Crippen LogP contribution in [0.4, 0.5) is 30.4 Å². The van der Waals surface area contributed by atoms with Gasteiger partial charge in [-0.2, -0.15) is 18.2 Å². The van der Waals surface area contributed by atoms with E-state index < -0.39 is 86.1 Å². The number of nitro groups is 1. The van der Waals surface area contributed by atoms with E-state index in [2.05, 4.69) is 10.4 Å². The number of nitrogens with one attached hydrogen (secondary N) is 1. The molecule has 3 aromatic carbocycles. The first-order valence-electron chi connectivity index (χ1n) is 18.0. The van der Waals surface area contributed by atoms with Crippen molar-refractivity contribution in [1.29, 1.82) is 0 Å². The van der Waals surface area contributed by atoms with Crippen LogP contribution in [0.5, 0.6) is 11.5 Å². The second-order valence-electron chi connectivity index (χ2n) is 14.4. The van der Waals surface area contributed by atoms with E-state index in [0.717, 1.165) is 4.90 Å². The molecule has 1 saturated carbocycles. The minimum absolute atomic E-state index is 0.0635. The zero-order chi connectivity index (χ0) is 41.4. The number of phenolic OH excluding ortho intramolecular Hbond substituents is 1. The van der Waals surface area contributed by atoms with E-state index in [-0.39, 0.29) is 42.3 Å². The van der Waals surface area contributed by atoms with Crippen molar-refractivity contribution in [2.24, 2.45) is 23.7 Å². The van der Waals surface area contributed by atoms with E-state index in [0.29, 0.717) is 39.0 Å². The number of aromatic nitrogens is 1. The molecule has 6 atom stereocenters. The number of alkyl halides is 3. The van der Waals surface area contributed by atoms with E-state index in [1.165, 1.54) is 30.3 Å². The number of non-ortho nitro benzene ring substituents is 1. The minimum atomic E-state index is -4.78. The molecule has 4 aliphatic rings. The third kappa shape index (κ3) is 5.95. The lowest BCUT2D eigenvalue weighted by Crippen LogP contribution is -2.53. The molecule has 0 bridgehead atoms. The van der Waals surface area contributed by atoms with Crippen LogP contribution in [-0.2, 0) is 30.8 Å². The van der Waals surface area contributed by atoms with Crippen LogP contribution in [0.2, 0.25) is 10.0 Å². The molecule has 4 amide bonds. The number of fused-ring (bicyclic) bond motifs is 4. The molecule has 13 nitrogen and oxygen atoms in total. The molecule has 2 N–H and O–H groups in total. The quantitative estimate of drug-likeness (QED) is 0.0779. The fraction of sp³-hybridized carbons (Fsp3) is 0.275. The highest BCUT2D eigenvalue weighted by Crippen LogP contribution is 2.64. The van der Waals surface area contributed by atoms with Gasteiger partial charge < -0.3 is 9.84 Å². The van der Waals surface area contributed by atoms with Crippen molar-refractivity contribution in [1.82, 2.24) is 9.99 Å². The summed E-state index contributed by atoms with van der Waals surface area (Å²) in [6, 6.07) is 16.4. The van der Waals surface area contributed by atoms with E-state index >= 15 is 4.79 Å². The topological polar surface area (TPSA) is 172 Å². The lowest BCUT2D eigenvalue weighted by molar-refractivity contribution is -0.384. The monoisotopic (exact) mass is 835 g/mol. The van der Waals surface area contributed by atoms with E-state index in [1.54, 1.807) is 49.4 Å². The Balaban J connectivity index is 1.30. The van der Waals surface area contributed by atoms with Crippen LogP contribution in [0.15, 0.2) is 90.6 Å². The van der Waals surface area contributed by atoms with Gasteiger partial charge in [0.25, 0.3) is 17.5 Å². The molecule has 3 heterocycles. The van der Waals surface area contributed by atoms with Crippen LogP contribution in [-0.4, -0.2) is 50.3 Å². The van der Waals surface area contributed by atoms with Crippen LogP contribution >= 0.6 is 23.2 Å². The Bertz CT molecular complexity index is 2450. The molecule has 1 aromatic heterocycles. The maximum absolute atomic E-state index is 15.4. The summed E-state index contributed by atoms with van der Waals surface area (Å²) in [4.78, 5) is 74.3. The van der Waals surface area contributed by atoms with Crippen molar-refractivity contribution in [2.45, 2.75) is 37.3 Å². The summed E-state index contributed by atoms with van der Waals surface area (Å²) in [5, 5.41) is 22.6. The summed E-state index contributed by atoms with van der Waals surface area (Å²) >= 11 is 12.6. The molecule has 2 aliphatic carbocycles. The SMILES string of the molecule is CCOc1cc(C2C3=CCC4C(=O)N(c5ccc([N+](=O)[O-])cc5)C(=O)C4C3CC3C(=O)N(Nc4ncc(C(F)(F)F)cc4Cl)C(=O)C32c2ccc(Cl)cc2)ccc1O.